The Bertz CT molecular complexity index is 940. The maximum Gasteiger partial charge on any atom is 0.416 e. The lowest BCUT2D eigenvalue weighted by atomic mass is 10.1. The lowest BCUT2D eigenvalue weighted by molar-refractivity contribution is -0.137. The number of alkyl halides is 3. The highest BCUT2D eigenvalue weighted by Gasteiger charge is 2.35. The Hall–Kier alpha value is -2.48. The van der Waals surface area contributed by atoms with E-state index in [0.29, 0.717) is 11.4 Å². The van der Waals surface area contributed by atoms with Gasteiger partial charge in [0.1, 0.15) is 5.37 Å². The van der Waals surface area contributed by atoms with Gasteiger partial charge in [-0.15, -0.1) is 11.8 Å². The summed E-state index contributed by atoms with van der Waals surface area (Å²) in [5.41, 5.74) is 1.15. The third-order valence-electron chi connectivity index (χ3n) is 5.51. The molecule has 2 aromatic carbocycles. The second-order valence-corrected chi connectivity index (χ2v) is 8.64. The van der Waals surface area contributed by atoms with Crippen LogP contribution in [0.3, 0.4) is 0 Å². The zero-order valence-corrected chi connectivity index (χ0v) is 16.9. The predicted octanol–water partition coefficient (Wildman–Crippen LogP) is 5.61. The van der Waals surface area contributed by atoms with E-state index in [2.05, 4.69) is 5.32 Å². The monoisotopic (exact) mass is 434 g/mol. The van der Waals surface area contributed by atoms with E-state index in [-0.39, 0.29) is 28.9 Å². The first kappa shape index (κ1) is 20.8. The minimum Gasteiger partial charge on any atom is -0.326 e. The summed E-state index contributed by atoms with van der Waals surface area (Å²) in [4.78, 5) is 26.4. The zero-order valence-electron chi connectivity index (χ0n) is 16.1. The van der Waals surface area contributed by atoms with E-state index in [1.807, 2.05) is 18.2 Å². The van der Waals surface area contributed by atoms with Crippen molar-refractivity contribution in [3.05, 3.63) is 59.7 Å². The molecule has 2 aromatic rings. The highest BCUT2D eigenvalue weighted by molar-refractivity contribution is 8.00. The van der Waals surface area contributed by atoms with Crippen LogP contribution in [0.1, 0.15) is 42.2 Å². The second-order valence-electron chi connectivity index (χ2n) is 7.57. The van der Waals surface area contributed by atoms with Gasteiger partial charge in [0.05, 0.1) is 11.3 Å². The first-order valence-electron chi connectivity index (χ1n) is 9.85. The Morgan fingerprint density at radius 2 is 1.77 bits per heavy atom. The number of hydrogen-bond acceptors (Lipinski definition) is 3. The molecule has 30 heavy (non-hydrogen) atoms. The average molecular weight is 434 g/mol. The number of thioether (sulfide) groups is 1. The number of amides is 2. The Morgan fingerprint density at radius 3 is 2.43 bits per heavy atom. The van der Waals surface area contributed by atoms with Gasteiger partial charge < -0.3 is 5.32 Å². The molecule has 1 aliphatic carbocycles. The largest absolute Gasteiger partial charge is 0.416 e. The lowest BCUT2D eigenvalue weighted by Crippen LogP contribution is -2.28. The SMILES string of the molecule is O=C(Nc1cccc(C2SCC(=O)N2c2ccc(C(F)(F)F)cc2)c1)C1CCCC1. The fourth-order valence-electron chi connectivity index (χ4n) is 3.96. The molecule has 1 aliphatic heterocycles. The fraction of sp³-hybridized carbons (Fsp3) is 0.364. The number of nitrogens with one attached hydrogen (secondary N) is 1. The van der Waals surface area contributed by atoms with Crippen molar-refractivity contribution in [3.63, 3.8) is 0 Å². The second kappa shape index (κ2) is 8.34. The summed E-state index contributed by atoms with van der Waals surface area (Å²) in [5.74, 6) is 0.133. The molecule has 158 valence electrons. The van der Waals surface area contributed by atoms with Crippen molar-refractivity contribution in [2.24, 2.45) is 5.92 Å². The van der Waals surface area contributed by atoms with Gasteiger partial charge in [-0.2, -0.15) is 13.2 Å². The molecule has 4 nitrogen and oxygen atoms in total. The molecule has 8 heteroatoms. The third-order valence-corrected chi connectivity index (χ3v) is 6.72. The molecule has 2 fully saturated rings. The van der Waals surface area contributed by atoms with E-state index < -0.39 is 11.7 Å². The number of carbonyl (C=O) groups excluding carboxylic acids is 2. The van der Waals surface area contributed by atoms with E-state index in [1.165, 1.54) is 28.8 Å². The van der Waals surface area contributed by atoms with Gasteiger partial charge in [0.25, 0.3) is 0 Å². The number of nitrogens with zero attached hydrogens (tertiary/aromatic N) is 1. The van der Waals surface area contributed by atoms with Crippen LogP contribution in [0, 0.1) is 5.92 Å². The third kappa shape index (κ3) is 4.33. The normalized spacial score (nSPS) is 20.0. The van der Waals surface area contributed by atoms with Crippen LogP contribution in [-0.4, -0.2) is 17.6 Å². The zero-order chi connectivity index (χ0) is 21.3. The number of hydrogen-bond donors (Lipinski definition) is 1. The van der Waals surface area contributed by atoms with Crippen LogP contribution < -0.4 is 10.2 Å². The van der Waals surface area contributed by atoms with Crippen LogP contribution in [-0.2, 0) is 15.8 Å². The van der Waals surface area contributed by atoms with Crippen molar-refractivity contribution in [1.29, 1.82) is 0 Å². The molecule has 1 unspecified atom stereocenters. The summed E-state index contributed by atoms with van der Waals surface area (Å²) in [7, 11) is 0. The number of carbonyl (C=O) groups is 2. The molecule has 0 radical (unpaired) electrons. The average Bonchev–Trinajstić information content (AvgIpc) is 3.38. The van der Waals surface area contributed by atoms with Gasteiger partial charge in [0, 0.05) is 17.3 Å². The first-order valence-corrected chi connectivity index (χ1v) is 10.9. The number of halogens is 3. The van der Waals surface area contributed by atoms with E-state index >= 15 is 0 Å². The van der Waals surface area contributed by atoms with E-state index in [4.69, 9.17) is 0 Å². The molecule has 0 aromatic heterocycles. The van der Waals surface area contributed by atoms with Crippen molar-refractivity contribution in [2.75, 3.05) is 16.0 Å². The number of benzene rings is 2. The summed E-state index contributed by atoms with van der Waals surface area (Å²) in [6.45, 7) is 0. The fourth-order valence-corrected chi connectivity index (χ4v) is 5.13. The minimum absolute atomic E-state index is 0.0133. The van der Waals surface area contributed by atoms with E-state index in [0.717, 1.165) is 43.4 Å². The van der Waals surface area contributed by atoms with Gasteiger partial charge in [-0.25, -0.2) is 0 Å². The van der Waals surface area contributed by atoms with Crippen LogP contribution in [0.15, 0.2) is 48.5 Å². The molecule has 0 spiro atoms. The standard InChI is InChI=1S/C22H21F3N2O2S/c23-22(24,25)16-8-10-18(11-9-16)27-19(28)13-30-21(27)15-6-3-7-17(12-15)26-20(29)14-4-1-2-5-14/h3,6-12,14,21H,1-2,4-5,13H2,(H,26,29). The predicted molar refractivity (Wildman–Crippen MR) is 111 cm³/mol. The topological polar surface area (TPSA) is 49.4 Å². The molecule has 0 bridgehead atoms. The smallest absolute Gasteiger partial charge is 0.326 e. The van der Waals surface area contributed by atoms with E-state index in [1.54, 1.807) is 6.07 Å². The van der Waals surface area contributed by atoms with Crippen molar-refractivity contribution < 1.29 is 22.8 Å². The number of rotatable bonds is 4. The van der Waals surface area contributed by atoms with Crippen LogP contribution in [0.4, 0.5) is 24.5 Å². The van der Waals surface area contributed by atoms with Crippen molar-refractivity contribution in [3.8, 4) is 0 Å². The molecule has 4 rings (SSSR count). The molecular formula is C22H21F3N2O2S. The summed E-state index contributed by atoms with van der Waals surface area (Å²) in [6, 6.07) is 11.9. The van der Waals surface area contributed by atoms with Crippen LogP contribution in [0.2, 0.25) is 0 Å². The maximum atomic E-state index is 12.9. The maximum absolute atomic E-state index is 12.9. The van der Waals surface area contributed by atoms with Crippen LogP contribution in [0.25, 0.3) is 0 Å². The van der Waals surface area contributed by atoms with Gasteiger partial charge >= 0.3 is 6.18 Å². The van der Waals surface area contributed by atoms with E-state index in [9.17, 15) is 22.8 Å². The molecule has 1 atom stereocenters. The van der Waals surface area contributed by atoms with Crippen molar-refractivity contribution in [2.45, 2.75) is 37.2 Å². The summed E-state index contributed by atoms with van der Waals surface area (Å²) >= 11 is 1.41. The molecule has 2 aliphatic rings. The number of anilines is 2. The summed E-state index contributed by atoms with van der Waals surface area (Å²) in [6.07, 6.45) is -0.476. The molecule has 2 amide bonds. The van der Waals surface area contributed by atoms with Gasteiger partial charge in [0.15, 0.2) is 0 Å². The van der Waals surface area contributed by atoms with Gasteiger partial charge in [-0.3, -0.25) is 14.5 Å². The molecule has 1 N–H and O–H groups in total. The molecule has 1 saturated carbocycles. The minimum atomic E-state index is -4.42. The Morgan fingerprint density at radius 1 is 1.07 bits per heavy atom. The van der Waals surface area contributed by atoms with Crippen molar-refractivity contribution >= 4 is 35.0 Å². The van der Waals surface area contributed by atoms with Crippen LogP contribution >= 0.6 is 11.8 Å². The Kier molecular flexibility index (Phi) is 5.77. The highest BCUT2D eigenvalue weighted by atomic mass is 32.2. The van der Waals surface area contributed by atoms with Gasteiger partial charge in [-0.1, -0.05) is 25.0 Å². The first-order chi connectivity index (χ1) is 14.3. The quantitative estimate of drug-likeness (QED) is 0.680. The molecular weight excluding hydrogens is 413 g/mol. The lowest BCUT2D eigenvalue weighted by Gasteiger charge is -2.25. The summed E-state index contributed by atoms with van der Waals surface area (Å²) < 4.78 is 38.6. The molecule has 1 saturated heterocycles. The van der Waals surface area contributed by atoms with Gasteiger partial charge in [-0.05, 0) is 54.8 Å². The summed E-state index contributed by atoms with van der Waals surface area (Å²) in [5, 5.41) is 2.60. The van der Waals surface area contributed by atoms with Gasteiger partial charge in [0.2, 0.25) is 11.8 Å². The van der Waals surface area contributed by atoms with Crippen LogP contribution in [0.5, 0.6) is 0 Å². The molecule has 1 heterocycles. The van der Waals surface area contributed by atoms with Crippen molar-refractivity contribution in [1.82, 2.24) is 0 Å². The Labute approximate surface area is 176 Å². The highest BCUT2D eigenvalue weighted by Crippen LogP contribution is 2.43. The Balaban J connectivity index is 1.55.